The molecule has 2 aromatic carbocycles. The molecule has 0 aromatic heterocycles. The molecular weight excluding hydrogens is 323 g/mol. The van der Waals surface area contributed by atoms with Crippen LogP contribution >= 0.6 is 7.79 Å². The molecule has 0 unspecified atom stereocenters. The Bertz CT molecular complexity index is 702. The van der Waals surface area contributed by atoms with Gasteiger partial charge < -0.3 is 19.3 Å². The molecule has 2 N–H and O–H groups in total. The van der Waals surface area contributed by atoms with Crippen LogP contribution in [0, 0.1) is 0 Å². The summed E-state index contributed by atoms with van der Waals surface area (Å²) in [6.07, 6.45) is 1.12. The normalized spacial score (nSPS) is 17.2. The molecule has 6 heteroatoms. The summed E-state index contributed by atoms with van der Waals surface area (Å²) in [4.78, 5) is 22.9. The summed E-state index contributed by atoms with van der Waals surface area (Å²) in [5.41, 5.74) is 1.79. The van der Waals surface area contributed by atoms with Crippen LogP contribution in [0.1, 0.15) is 6.92 Å². The van der Waals surface area contributed by atoms with Gasteiger partial charge >= 0.3 is 5.97 Å². The van der Waals surface area contributed by atoms with Crippen LogP contribution in [0.2, 0.25) is 0 Å². The largest absolute Gasteiger partial charge is 0.478 e. The van der Waals surface area contributed by atoms with E-state index in [2.05, 4.69) is 0 Å². The van der Waals surface area contributed by atoms with Gasteiger partial charge in [-0.2, -0.15) is 0 Å². The third-order valence-corrected chi connectivity index (χ3v) is 7.39. The molecule has 0 atom stereocenters. The Morgan fingerprint density at radius 2 is 1.38 bits per heavy atom. The van der Waals surface area contributed by atoms with Crippen molar-refractivity contribution in [3.63, 3.8) is 0 Å². The lowest BCUT2D eigenvalue weighted by Crippen LogP contribution is -2.25. The summed E-state index contributed by atoms with van der Waals surface area (Å²) in [6.45, 7) is 2.96. The lowest BCUT2D eigenvalue weighted by molar-refractivity contribution is -0.131. The van der Waals surface area contributed by atoms with Gasteiger partial charge in [0.2, 0.25) is 0 Å². The van der Waals surface area contributed by atoms with E-state index in [1.54, 1.807) is 6.92 Å². The van der Waals surface area contributed by atoms with Crippen molar-refractivity contribution in [3.05, 3.63) is 72.1 Å². The van der Waals surface area contributed by atoms with Crippen LogP contribution in [0.4, 0.5) is 11.4 Å². The molecule has 0 aliphatic carbocycles. The van der Waals surface area contributed by atoms with Crippen molar-refractivity contribution < 1.29 is 14.8 Å². The molecule has 1 aliphatic heterocycles. The van der Waals surface area contributed by atoms with Crippen LogP contribution in [-0.4, -0.2) is 29.1 Å². The molecule has 2 aromatic rings. The minimum Gasteiger partial charge on any atom is -0.478 e. The van der Waals surface area contributed by atoms with E-state index in [9.17, 15) is 9.69 Å². The first-order valence-electron chi connectivity index (χ1n) is 7.73. The lowest BCUT2D eigenvalue weighted by Gasteiger charge is -2.43. The maximum atomic E-state index is 11.7. The second-order valence-electron chi connectivity index (χ2n) is 5.61. The minimum atomic E-state index is -2.98. The summed E-state index contributed by atoms with van der Waals surface area (Å²) in [7, 11) is -2.98. The van der Waals surface area contributed by atoms with Gasteiger partial charge in [-0.3, -0.25) is 0 Å². The summed E-state index contributed by atoms with van der Waals surface area (Å²) < 4.78 is 3.88. The van der Waals surface area contributed by atoms with Gasteiger partial charge in [-0.1, -0.05) is 36.4 Å². The Labute approximate surface area is 142 Å². The molecule has 3 rings (SSSR count). The van der Waals surface area contributed by atoms with E-state index in [-0.39, 0.29) is 0 Å². The van der Waals surface area contributed by atoms with Crippen LogP contribution in [0.25, 0.3) is 0 Å². The van der Waals surface area contributed by atoms with E-state index < -0.39 is 13.8 Å². The number of carboxylic acid groups (broad SMARTS) is 1. The zero-order chi connectivity index (χ0) is 17.2. The van der Waals surface area contributed by atoms with Crippen molar-refractivity contribution in [1.82, 2.24) is 0 Å². The number of nitrogens with zero attached hydrogens (tertiary/aromatic N) is 2. The number of hydrogen-bond donors (Lipinski definition) is 2. The van der Waals surface area contributed by atoms with E-state index >= 15 is 0 Å². The zero-order valence-corrected chi connectivity index (χ0v) is 14.3. The smallest absolute Gasteiger partial charge is 0.328 e. The summed E-state index contributed by atoms with van der Waals surface area (Å²) in [5, 5.41) is 9.64. The quantitative estimate of drug-likeness (QED) is 0.654. The van der Waals surface area contributed by atoms with Crippen molar-refractivity contribution in [1.29, 1.82) is 0 Å². The van der Waals surface area contributed by atoms with Gasteiger partial charge in [-0.25, -0.2) is 4.79 Å². The second kappa shape index (κ2) is 6.63. The Morgan fingerprint density at radius 1 is 0.958 bits per heavy atom. The number of carbonyl (C=O) groups is 1. The number of anilines is 2. The van der Waals surface area contributed by atoms with Gasteiger partial charge in [0.1, 0.15) is 0 Å². The number of aliphatic carboxylic acids is 1. The topological polar surface area (TPSA) is 64.0 Å². The maximum absolute atomic E-state index is 11.7. The SMILES string of the molecule is C/C(=C\C(=O)O)[P]1(O)N(c2ccccc2)CCN1c1ccccc1. The Kier molecular flexibility index (Phi) is 4.56. The molecule has 5 nitrogen and oxygen atoms in total. The van der Waals surface area contributed by atoms with Crippen molar-refractivity contribution >= 4 is 25.1 Å². The minimum absolute atomic E-state index is 0.472. The average molecular weight is 343 g/mol. The Morgan fingerprint density at radius 3 is 1.75 bits per heavy atom. The monoisotopic (exact) mass is 343 g/mol. The van der Waals surface area contributed by atoms with Crippen molar-refractivity contribution in [3.8, 4) is 0 Å². The molecule has 0 amide bonds. The van der Waals surface area contributed by atoms with E-state index in [4.69, 9.17) is 5.11 Å². The fourth-order valence-electron chi connectivity index (χ4n) is 3.03. The summed E-state index contributed by atoms with van der Waals surface area (Å²) in [5.74, 6) is -1.05. The van der Waals surface area contributed by atoms with Gasteiger partial charge in [-0.15, -0.1) is 0 Å². The molecule has 1 saturated heterocycles. The molecule has 1 heterocycles. The van der Waals surface area contributed by atoms with Crippen LogP contribution in [0.15, 0.2) is 72.1 Å². The number of para-hydroxylation sites is 2. The molecule has 0 saturated carbocycles. The van der Waals surface area contributed by atoms with Crippen molar-refractivity contribution in [2.45, 2.75) is 6.92 Å². The fraction of sp³-hybridized carbons (Fsp3) is 0.167. The number of benzene rings is 2. The highest BCUT2D eigenvalue weighted by Gasteiger charge is 2.46. The average Bonchev–Trinajstić information content (AvgIpc) is 2.94. The van der Waals surface area contributed by atoms with E-state index in [0.29, 0.717) is 18.4 Å². The third kappa shape index (κ3) is 2.88. The first-order valence-corrected chi connectivity index (χ1v) is 9.38. The molecular formula is C18H20N2O3P. The summed E-state index contributed by atoms with van der Waals surface area (Å²) >= 11 is 0. The highest BCUT2D eigenvalue weighted by atomic mass is 31.2. The zero-order valence-electron chi connectivity index (χ0n) is 13.4. The molecule has 1 aliphatic rings. The molecule has 0 spiro atoms. The predicted molar refractivity (Wildman–Crippen MR) is 98.1 cm³/mol. The lowest BCUT2D eigenvalue weighted by atomic mass is 10.3. The van der Waals surface area contributed by atoms with Gasteiger partial charge in [0.15, 0.2) is 7.79 Å². The number of hydrogen-bond acceptors (Lipinski definition) is 4. The molecule has 125 valence electrons. The molecule has 1 fully saturated rings. The van der Waals surface area contributed by atoms with E-state index in [1.807, 2.05) is 70.0 Å². The van der Waals surface area contributed by atoms with Crippen LogP contribution < -0.4 is 9.34 Å². The molecule has 1 radical (unpaired) electrons. The van der Waals surface area contributed by atoms with Gasteiger partial charge in [0, 0.05) is 35.9 Å². The Balaban J connectivity index is 2.10. The standard InChI is InChI=1S/C18H20N2O3P/c1-15(14-18(21)22)24(23)19(16-8-4-2-5-9-16)12-13-20(24)17-10-6-3-7-11-17/h2-11,14,23H,12-13H2,1H3,(H,21,22)/b15-14+. The van der Waals surface area contributed by atoms with Crippen LogP contribution in [-0.2, 0) is 4.79 Å². The van der Waals surface area contributed by atoms with E-state index in [1.165, 1.54) is 0 Å². The van der Waals surface area contributed by atoms with Crippen LogP contribution in [0.5, 0.6) is 0 Å². The second-order valence-corrected chi connectivity index (χ2v) is 8.42. The first-order chi connectivity index (χ1) is 11.5. The van der Waals surface area contributed by atoms with E-state index in [0.717, 1.165) is 17.5 Å². The van der Waals surface area contributed by atoms with Crippen molar-refractivity contribution in [2.24, 2.45) is 0 Å². The van der Waals surface area contributed by atoms with Gasteiger partial charge in [0.25, 0.3) is 0 Å². The first kappa shape index (κ1) is 16.5. The van der Waals surface area contributed by atoms with Gasteiger partial charge in [0.05, 0.1) is 0 Å². The van der Waals surface area contributed by atoms with Crippen molar-refractivity contribution in [2.75, 3.05) is 22.4 Å². The number of allylic oxidation sites excluding steroid dienone is 1. The van der Waals surface area contributed by atoms with Gasteiger partial charge in [-0.05, 0) is 31.2 Å². The molecule has 24 heavy (non-hydrogen) atoms. The van der Waals surface area contributed by atoms with Crippen LogP contribution in [0.3, 0.4) is 0 Å². The predicted octanol–water partition coefficient (Wildman–Crippen LogP) is 3.76. The highest BCUT2D eigenvalue weighted by molar-refractivity contribution is 7.77. The maximum Gasteiger partial charge on any atom is 0.328 e. The molecule has 0 bridgehead atoms. The fourth-order valence-corrected chi connectivity index (χ4v) is 5.98. The highest BCUT2D eigenvalue weighted by Crippen LogP contribution is 2.71. The Hall–Kier alpha value is -2.36. The third-order valence-electron chi connectivity index (χ3n) is 4.11. The summed E-state index contributed by atoms with van der Waals surface area (Å²) in [6, 6.07) is 19.3. The number of carboxylic acids is 1. The number of rotatable bonds is 4.